The van der Waals surface area contributed by atoms with E-state index in [1.807, 2.05) is 24.3 Å². The minimum atomic E-state index is -0.531. The van der Waals surface area contributed by atoms with Crippen LogP contribution in [0.2, 0.25) is 0 Å². The van der Waals surface area contributed by atoms with Gasteiger partial charge < -0.3 is 0 Å². The average molecular weight is 1420 g/mol. The Morgan fingerprint density at radius 3 is 0.983 bits per heavy atom. The number of halogens is 6. The summed E-state index contributed by atoms with van der Waals surface area (Å²) in [6, 6.07) is 20.8. The predicted molar refractivity (Wildman–Crippen MR) is 249 cm³/mol. The molecule has 0 aromatic heterocycles. The molecule has 0 fully saturated rings. The summed E-state index contributed by atoms with van der Waals surface area (Å²) in [5.41, 5.74) is 2.20. The number of carbonyl (C=O) groups excluding carboxylic acids is 4. The van der Waals surface area contributed by atoms with Crippen LogP contribution in [-0.2, 0) is 0 Å². The first kappa shape index (κ1) is 37.8. The zero-order valence-corrected chi connectivity index (χ0v) is 52.2. The molecule has 0 bridgehead atoms. The van der Waals surface area contributed by atoms with Crippen LogP contribution in [0.3, 0.4) is 0 Å². The van der Waals surface area contributed by atoms with Crippen LogP contribution >= 0.6 is 95.6 Å². The summed E-state index contributed by atoms with van der Waals surface area (Å²) in [7, 11) is 0. The van der Waals surface area contributed by atoms with Crippen LogP contribution in [0.5, 0.6) is 0 Å². The maximum atomic E-state index is 13.6. The predicted octanol–water partition coefficient (Wildman–Crippen LogP) is 13.6. The van der Waals surface area contributed by atoms with Crippen LogP contribution < -0.4 is 0 Å². The minimum absolute atomic E-state index is 0.222. The van der Waals surface area contributed by atoms with E-state index in [4.69, 9.17) is 0 Å². The molecule has 2 aliphatic rings. The summed E-state index contributed by atoms with van der Waals surface area (Å²) < 4.78 is 7.89. The number of imide groups is 2. The van der Waals surface area contributed by atoms with Gasteiger partial charge in [-0.05, 0) is 0 Å². The van der Waals surface area contributed by atoms with Gasteiger partial charge in [0.2, 0.25) is 0 Å². The second-order valence-corrected chi connectivity index (χ2v) is 26.3. The molecule has 2 aliphatic heterocycles. The van der Waals surface area contributed by atoms with Crippen LogP contribution in [0.15, 0.2) is 87.5 Å². The molecule has 0 N–H and O–H groups in total. The Balaban J connectivity index is 1.27. The third-order valence-electron chi connectivity index (χ3n) is 12.8. The van der Waals surface area contributed by atoms with Crippen LogP contribution in [0.25, 0.3) is 108 Å². The molecule has 13 rings (SSSR count). The number of benzene rings is 11. The second kappa shape index (κ2) is 12.5. The van der Waals surface area contributed by atoms with Crippen molar-refractivity contribution in [2.75, 3.05) is 0 Å². The van der Waals surface area contributed by atoms with E-state index < -0.39 is 43.2 Å². The van der Waals surface area contributed by atoms with Crippen molar-refractivity contribution in [3.8, 4) is 0 Å². The standard InChI is InChI=1S/C44H12Br6N2O4.Ra.Rb.H/c45-21-6-16-28-12(34-24(48)8-18-30-20(44(56)52-42(18)54)10-26(50)36(16)40(30)34)2-4-14-32-22(46)5-15-27-11(1-3-13(37(27)32)31(21)38(14)28)33-23(47)7-17-29-19(43(55)51-41(17)53)9-25(49)35(15)39(29)33;;;/h1-10H,(H2,51,52,53,54,55,56);;;/q;2*+1;/p-2. The van der Waals surface area contributed by atoms with Crippen molar-refractivity contribution in [3.63, 3.8) is 0 Å². The molecule has 6 nitrogen and oxygen atoms in total. The third kappa shape index (κ3) is 4.35. The first-order chi connectivity index (χ1) is 27.8. The molecule has 0 atom stereocenters. The van der Waals surface area contributed by atoms with Crippen molar-refractivity contribution in [1.29, 1.82) is 0 Å². The number of rotatable bonds is 0. The monoisotopic (exact) mass is 1420 g/mol. The van der Waals surface area contributed by atoms with Crippen molar-refractivity contribution >= 4 is 283 Å². The first-order valence-corrected chi connectivity index (χ1v) is 28.7. The number of carbonyl (C=O) groups is 4. The van der Waals surface area contributed by atoms with E-state index in [1.165, 1.54) is -0.925 Å². The molecule has 0 radical (unpaired) electrons. The molecule has 2 heterocycles. The first-order valence-electron chi connectivity index (χ1n) is 18.0. The van der Waals surface area contributed by atoms with Crippen LogP contribution in [0.1, 0.15) is 41.4 Å². The van der Waals surface area contributed by atoms with Crippen LogP contribution in [-0.4, -0.2) is 78.7 Å². The number of fused-ring (bicyclic) bond motifs is 6. The van der Waals surface area contributed by atoms with Gasteiger partial charge in [0.1, 0.15) is 0 Å². The fourth-order valence-corrected chi connectivity index (χ4v) is 17.6. The zero-order valence-electron chi connectivity index (χ0n) is 29.6. The number of hydrogen-bond acceptors (Lipinski definition) is 4. The van der Waals surface area contributed by atoms with E-state index in [9.17, 15) is 19.2 Å². The van der Waals surface area contributed by atoms with Crippen molar-refractivity contribution in [2.45, 2.75) is 0 Å². The molecule has 0 spiro atoms. The van der Waals surface area contributed by atoms with Gasteiger partial charge >= 0.3 is 454 Å². The molecule has 11 aromatic carbocycles. The van der Waals surface area contributed by atoms with E-state index in [-0.39, 0.29) is 79.7 Å². The Kier molecular flexibility index (Phi) is 8.13. The zero-order chi connectivity index (χ0) is 39.9. The van der Waals surface area contributed by atoms with Crippen molar-refractivity contribution in [1.82, 2.24) is -0.925 Å². The number of amides is 4. The topological polar surface area (TPSA) is 74.8 Å². The molecule has 11 aromatic rings. The maximum absolute atomic E-state index is 13.6. The van der Waals surface area contributed by atoms with E-state index in [0.717, 1.165) is 124 Å². The Morgan fingerprint density at radius 2 is 0.621 bits per heavy atom. The van der Waals surface area contributed by atoms with Gasteiger partial charge in [-0.1, -0.05) is 0 Å². The van der Waals surface area contributed by atoms with Gasteiger partial charge in [0.25, 0.3) is 0 Å². The molecule has 4 amide bonds. The average Bonchev–Trinajstić information content (AvgIpc) is 3.20. The quantitative estimate of drug-likeness (QED) is 0.0861. The fraction of sp³-hybridized carbons (Fsp3) is 0. The van der Waals surface area contributed by atoms with Gasteiger partial charge in [-0.15, -0.1) is 0 Å². The van der Waals surface area contributed by atoms with E-state index in [1.54, 1.807) is 0 Å². The Hall–Kier alpha value is -0.767. The summed E-state index contributed by atoms with van der Waals surface area (Å²) >= 11 is 23.0. The molecule has 266 valence electrons. The summed E-state index contributed by atoms with van der Waals surface area (Å²) in [4.78, 5) is 54.6. The van der Waals surface area contributed by atoms with Crippen molar-refractivity contribution < 1.29 is 62.4 Å². The second-order valence-electron chi connectivity index (χ2n) is 15.3. The number of nitrogens with zero attached hydrogens (tertiary/aromatic N) is 2. The van der Waals surface area contributed by atoms with Gasteiger partial charge in [-0.2, -0.15) is 0 Å². The number of hydrogen-bond donors (Lipinski definition) is 0. The van der Waals surface area contributed by atoms with E-state index in [2.05, 4.69) is 132 Å². The molecule has 14 heteroatoms. The van der Waals surface area contributed by atoms with Crippen LogP contribution in [0.4, 0.5) is 0 Å². The SMILES string of the molecule is O=C1c2cc(Br)c3c4ccc5c6c(Br)cc7c8c(Br)cc9c%10c(cc(Br)c(c%11ccc(c%12c(Br)cc(c%13c(Br)cc(c2c3%13)C(=O)[N]1[Rb])c4c5%12)c6c%117)c%108)C(=O)[N]([RaH])C9=O. The van der Waals surface area contributed by atoms with Crippen molar-refractivity contribution in [2.24, 2.45) is 0 Å². The van der Waals surface area contributed by atoms with Gasteiger partial charge in [0.05, 0.1) is 0 Å². The summed E-state index contributed by atoms with van der Waals surface area (Å²) in [5, 5.41) is 19.9. The fourth-order valence-electron chi connectivity index (χ4n) is 10.6. The molecular weight excluding hydrogens is 1410 g/mol. The Labute approximate surface area is 445 Å². The Morgan fingerprint density at radius 1 is 0.345 bits per heavy atom. The molecule has 58 heavy (non-hydrogen) atoms. The summed E-state index contributed by atoms with van der Waals surface area (Å²) in [5.74, 6) is -0.903. The summed E-state index contributed by atoms with van der Waals surface area (Å²) in [6.45, 7) is 0. The molecule has 0 aliphatic carbocycles. The van der Waals surface area contributed by atoms with E-state index in [0.29, 0.717) is 33.0 Å². The Bertz CT molecular complexity index is 3700. The van der Waals surface area contributed by atoms with Gasteiger partial charge in [-0.25, -0.2) is 0 Å². The third-order valence-corrected chi connectivity index (χ3v) is 21.9. The molecular formula is C44H11Br6N2O4RaRb. The summed E-state index contributed by atoms with van der Waals surface area (Å²) in [6.07, 6.45) is 0. The van der Waals surface area contributed by atoms with Crippen molar-refractivity contribution in [3.05, 3.63) is 110 Å². The molecule has 0 unspecified atom stereocenters. The van der Waals surface area contributed by atoms with Gasteiger partial charge in [0.15, 0.2) is 0 Å². The van der Waals surface area contributed by atoms with Gasteiger partial charge in [0, 0.05) is 0 Å². The molecule has 0 saturated carbocycles. The molecule has 0 saturated heterocycles. The van der Waals surface area contributed by atoms with Crippen LogP contribution in [0, 0.1) is 43.2 Å². The van der Waals surface area contributed by atoms with Gasteiger partial charge in [-0.3, -0.25) is 0 Å². The normalized spacial score (nSPS) is 14.9. The van der Waals surface area contributed by atoms with E-state index >= 15 is 0 Å².